The molecule has 0 bridgehead atoms. The number of ether oxygens (including phenoxy) is 3. The number of hydrogen-bond donors (Lipinski definition) is 0. The highest BCUT2D eigenvalue weighted by atomic mass is 16.6. The number of carbonyl (C=O) groups excluding carboxylic acids is 3. The minimum atomic E-state index is -1.14. The SMILES string of the molecule is CC/C=C/C=C/C=C/C=C/C=C/CCCCCC(=O)OC(COCCC(C(=O)[O-])[N+](C)(C)C)COC(=O)CC/C=C/C/C=C/CCCCCCCC. The van der Waals surface area contributed by atoms with Crippen molar-refractivity contribution >= 4 is 17.9 Å². The number of esters is 2. The molecule has 294 valence electrons. The third-order valence-corrected chi connectivity index (χ3v) is 8.16. The molecule has 0 radical (unpaired) electrons. The summed E-state index contributed by atoms with van der Waals surface area (Å²) in [6, 6.07) is -0.745. The molecule has 0 aliphatic carbocycles. The van der Waals surface area contributed by atoms with Gasteiger partial charge < -0.3 is 28.6 Å². The van der Waals surface area contributed by atoms with Crippen LogP contribution in [0.1, 0.15) is 123 Å². The van der Waals surface area contributed by atoms with E-state index in [4.69, 9.17) is 14.2 Å². The Morgan fingerprint density at radius 3 is 1.83 bits per heavy atom. The topological polar surface area (TPSA) is 102 Å². The third-order valence-electron chi connectivity index (χ3n) is 8.16. The quantitative estimate of drug-likeness (QED) is 0.0219. The molecule has 0 aliphatic heterocycles. The number of aliphatic carboxylic acids is 1. The zero-order valence-corrected chi connectivity index (χ0v) is 33.2. The lowest BCUT2D eigenvalue weighted by atomic mass is 10.1. The smallest absolute Gasteiger partial charge is 0.306 e. The van der Waals surface area contributed by atoms with Crippen LogP contribution >= 0.6 is 0 Å². The van der Waals surface area contributed by atoms with Gasteiger partial charge in [-0.3, -0.25) is 9.59 Å². The number of nitrogens with zero attached hydrogens (tertiary/aromatic N) is 1. The van der Waals surface area contributed by atoms with E-state index in [1.807, 2.05) is 54.7 Å². The van der Waals surface area contributed by atoms with E-state index in [-0.39, 0.29) is 55.5 Å². The standard InChI is InChI=1S/C44H71NO7/c1-6-8-10-12-14-16-18-20-21-23-25-27-29-31-33-35-43(47)52-40(38-50-37-36-41(44(48)49)45(3,4)5)39-51-42(46)34-32-30-28-26-24-22-19-17-15-13-11-9-7-2/h8,10,12,14,16,18,20-25,28,30,40-41H,6-7,9,11,13,15,17,19,26-27,29,31-39H2,1-5H3/b10-8+,14-12+,18-16+,21-20+,24-22+,25-23+,30-28+. The molecule has 0 rings (SSSR count). The minimum Gasteiger partial charge on any atom is -0.544 e. The largest absolute Gasteiger partial charge is 0.544 e. The van der Waals surface area contributed by atoms with Crippen LogP contribution in [-0.2, 0) is 28.6 Å². The number of unbranched alkanes of at least 4 members (excludes halogenated alkanes) is 9. The van der Waals surface area contributed by atoms with Crippen LogP contribution in [0.3, 0.4) is 0 Å². The summed E-state index contributed by atoms with van der Waals surface area (Å²) in [4.78, 5) is 36.7. The van der Waals surface area contributed by atoms with E-state index >= 15 is 0 Å². The summed E-state index contributed by atoms with van der Waals surface area (Å²) in [6.07, 6.45) is 43.4. The number of rotatable bonds is 33. The number of quaternary nitrogens is 1. The second-order valence-electron chi connectivity index (χ2n) is 13.9. The van der Waals surface area contributed by atoms with Crippen molar-refractivity contribution in [2.75, 3.05) is 41.0 Å². The summed E-state index contributed by atoms with van der Waals surface area (Å²) >= 11 is 0. The van der Waals surface area contributed by atoms with Gasteiger partial charge in [0.1, 0.15) is 12.6 Å². The van der Waals surface area contributed by atoms with Gasteiger partial charge >= 0.3 is 11.9 Å². The molecule has 0 saturated carbocycles. The third kappa shape index (κ3) is 32.4. The molecule has 0 N–H and O–H groups in total. The van der Waals surface area contributed by atoms with Crippen molar-refractivity contribution in [1.82, 2.24) is 0 Å². The Labute approximate surface area is 316 Å². The van der Waals surface area contributed by atoms with E-state index in [0.717, 1.165) is 38.5 Å². The molecule has 0 aliphatic rings. The van der Waals surface area contributed by atoms with Crippen molar-refractivity contribution in [3.63, 3.8) is 0 Å². The first kappa shape index (κ1) is 48.5. The lowest BCUT2D eigenvalue weighted by molar-refractivity contribution is -0.889. The first-order valence-corrected chi connectivity index (χ1v) is 19.7. The average molecular weight is 726 g/mol. The van der Waals surface area contributed by atoms with Crippen molar-refractivity contribution < 1.29 is 38.2 Å². The van der Waals surface area contributed by atoms with Crippen LogP contribution in [0.15, 0.2) is 85.1 Å². The van der Waals surface area contributed by atoms with E-state index in [9.17, 15) is 19.5 Å². The second kappa shape index (κ2) is 34.6. The van der Waals surface area contributed by atoms with Gasteiger partial charge in [-0.05, 0) is 51.4 Å². The predicted molar refractivity (Wildman–Crippen MR) is 212 cm³/mol. The van der Waals surface area contributed by atoms with Crippen LogP contribution < -0.4 is 5.11 Å². The summed E-state index contributed by atoms with van der Waals surface area (Å²) in [7, 11) is 5.35. The molecule has 52 heavy (non-hydrogen) atoms. The van der Waals surface area contributed by atoms with Gasteiger partial charge in [0, 0.05) is 19.3 Å². The summed E-state index contributed by atoms with van der Waals surface area (Å²) in [5, 5.41) is 11.6. The molecule has 2 atom stereocenters. The van der Waals surface area contributed by atoms with Gasteiger partial charge in [0.2, 0.25) is 0 Å². The molecular formula is C44H71NO7. The maximum Gasteiger partial charge on any atom is 0.306 e. The zero-order chi connectivity index (χ0) is 38.5. The number of carboxylic acids is 1. The number of allylic oxidation sites excluding steroid dienone is 14. The molecule has 8 heteroatoms. The van der Waals surface area contributed by atoms with Gasteiger partial charge in [-0.2, -0.15) is 0 Å². The van der Waals surface area contributed by atoms with E-state index < -0.39 is 18.1 Å². The van der Waals surface area contributed by atoms with Gasteiger partial charge in [-0.1, -0.05) is 137 Å². The Balaban J connectivity index is 4.60. The van der Waals surface area contributed by atoms with Crippen LogP contribution in [0.5, 0.6) is 0 Å². The Kier molecular flexibility index (Phi) is 32.3. The Morgan fingerprint density at radius 1 is 0.615 bits per heavy atom. The van der Waals surface area contributed by atoms with Crippen LogP contribution in [-0.4, -0.2) is 75.5 Å². The first-order chi connectivity index (χ1) is 25.1. The highest BCUT2D eigenvalue weighted by Gasteiger charge is 2.25. The van der Waals surface area contributed by atoms with Crippen LogP contribution in [0, 0.1) is 0 Å². The average Bonchev–Trinajstić information content (AvgIpc) is 3.09. The van der Waals surface area contributed by atoms with E-state index in [2.05, 4.69) is 44.2 Å². The predicted octanol–water partition coefficient (Wildman–Crippen LogP) is 8.85. The maximum absolute atomic E-state index is 12.6. The van der Waals surface area contributed by atoms with E-state index in [1.54, 1.807) is 21.1 Å². The van der Waals surface area contributed by atoms with Crippen LogP contribution in [0.25, 0.3) is 0 Å². The molecule has 2 unspecified atom stereocenters. The fraction of sp³-hybridized carbons (Fsp3) is 0.614. The molecule has 0 aromatic heterocycles. The van der Waals surface area contributed by atoms with Crippen molar-refractivity contribution in [2.24, 2.45) is 0 Å². The normalized spacial score (nSPS) is 13.9. The molecule has 0 spiro atoms. The highest BCUT2D eigenvalue weighted by Crippen LogP contribution is 2.11. The van der Waals surface area contributed by atoms with Gasteiger partial charge in [-0.25, -0.2) is 0 Å². The fourth-order valence-electron chi connectivity index (χ4n) is 5.08. The second-order valence-corrected chi connectivity index (χ2v) is 13.9. The Hall–Kier alpha value is -3.49. The first-order valence-electron chi connectivity index (χ1n) is 19.7. The molecule has 8 nitrogen and oxygen atoms in total. The van der Waals surface area contributed by atoms with Crippen LogP contribution in [0.4, 0.5) is 0 Å². The van der Waals surface area contributed by atoms with Crippen molar-refractivity contribution in [2.45, 2.75) is 135 Å². The maximum atomic E-state index is 12.6. The fourth-order valence-corrected chi connectivity index (χ4v) is 5.08. The van der Waals surface area contributed by atoms with Crippen molar-refractivity contribution in [1.29, 1.82) is 0 Å². The van der Waals surface area contributed by atoms with Gasteiger partial charge in [0.15, 0.2) is 6.10 Å². The van der Waals surface area contributed by atoms with Crippen molar-refractivity contribution in [3.8, 4) is 0 Å². The monoisotopic (exact) mass is 726 g/mol. The van der Waals surface area contributed by atoms with E-state index in [1.165, 1.54) is 38.5 Å². The molecule has 0 fully saturated rings. The molecule has 0 aromatic rings. The number of hydrogen-bond acceptors (Lipinski definition) is 7. The molecule has 0 saturated heterocycles. The van der Waals surface area contributed by atoms with Gasteiger partial charge in [0.25, 0.3) is 0 Å². The highest BCUT2D eigenvalue weighted by molar-refractivity contribution is 5.70. The summed E-state index contributed by atoms with van der Waals surface area (Å²) in [5.41, 5.74) is 0. The molecular weight excluding hydrogens is 654 g/mol. The van der Waals surface area contributed by atoms with Crippen LogP contribution in [0.2, 0.25) is 0 Å². The summed E-state index contributed by atoms with van der Waals surface area (Å²) in [6.45, 7) is 4.36. The summed E-state index contributed by atoms with van der Waals surface area (Å²) < 4.78 is 17.0. The lowest BCUT2D eigenvalue weighted by Gasteiger charge is -2.34. The lowest BCUT2D eigenvalue weighted by Crippen LogP contribution is -2.55. The zero-order valence-electron chi connectivity index (χ0n) is 33.2. The number of carbonyl (C=O) groups is 3. The Bertz CT molecular complexity index is 1120. The molecule has 0 heterocycles. The van der Waals surface area contributed by atoms with Gasteiger partial charge in [-0.15, -0.1) is 0 Å². The number of likely N-dealkylation sites (N-methyl/N-ethyl adjacent to an activating group) is 1. The molecule has 0 amide bonds. The number of carboxylic acid groups (broad SMARTS) is 1. The van der Waals surface area contributed by atoms with E-state index in [0.29, 0.717) is 12.8 Å². The van der Waals surface area contributed by atoms with Crippen molar-refractivity contribution in [3.05, 3.63) is 85.1 Å². The van der Waals surface area contributed by atoms with Gasteiger partial charge in [0.05, 0.1) is 40.3 Å². The molecule has 0 aromatic carbocycles. The Morgan fingerprint density at radius 2 is 1.19 bits per heavy atom. The summed E-state index contributed by atoms with van der Waals surface area (Å²) in [5.74, 6) is -1.89. The minimum absolute atomic E-state index is 0.000597.